The van der Waals surface area contributed by atoms with Gasteiger partial charge in [0.2, 0.25) is 6.79 Å². The van der Waals surface area contributed by atoms with E-state index < -0.39 is 43.3 Å². The molecule has 11 heteroatoms. The van der Waals surface area contributed by atoms with Crippen LogP contribution in [0.5, 0.6) is 0 Å². The van der Waals surface area contributed by atoms with Gasteiger partial charge >= 0.3 is 17.9 Å². The minimum absolute atomic E-state index is 0.233. The standard InChI is InChI=1S/C18H29NO10/c1-13(2)18(24)29-12-28-16(22)6-5-15(21)27-11-14(20)17(23)19(7-9-25-3)8-10-26-4/h5-6,13-14,20H,7-12H2,1-4H3/b6-5+. The minimum atomic E-state index is -1.58. The van der Waals surface area contributed by atoms with Gasteiger partial charge in [0.05, 0.1) is 19.1 Å². The Morgan fingerprint density at radius 3 is 1.90 bits per heavy atom. The van der Waals surface area contributed by atoms with Gasteiger partial charge in [0.1, 0.15) is 6.61 Å². The number of carbonyl (C=O) groups excluding carboxylic acids is 4. The maximum Gasteiger partial charge on any atom is 0.333 e. The Hall–Kier alpha value is -2.50. The van der Waals surface area contributed by atoms with Gasteiger partial charge in [0.25, 0.3) is 5.91 Å². The number of carbonyl (C=O) groups is 4. The second-order valence-corrected chi connectivity index (χ2v) is 5.99. The molecule has 1 atom stereocenters. The molecule has 0 aliphatic carbocycles. The third kappa shape index (κ3) is 12.5. The summed E-state index contributed by atoms with van der Waals surface area (Å²) in [4.78, 5) is 47.7. The summed E-state index contributed by atoms with van der Waals surface area (Å²) in [6.45, 7) is 3.05. The first-order valence-corrected chi connectivity index (χ1v) is 8.85. The Kier molecular flexibility index (Phi) is 14.1. The van der Waals surface area contributed by atoms with Gasteiger partial charge < -0.3 is 33.7 Å². The topological polar surface area (TPSA) is 138 Å². The number of rotatable bonds is 14. The van der Waals surface area contributed by atoms with E-state index in [2.05, 4.69) is 9.47 Å². The first kappa shape index (κ1) is 26.5. The number of esters is 3. The molecule has 1 amide bonds. The van der Waals surface area contributed by atoms with Crippen LogP contribution in [0.15, 0.2) is 12.2 Å². The number of aliphatic hydroxyl groups excluding tert-OH is 1. The fourth-order valence-corrected chi connectivity index (χ4v) is 1.72. The molecule has 1 unspecified atom stereocenters. The summed E-state index contributed by atoms with van der Waals surface area (Å²) < 4.78 is 23.8. The summed E-state index contributed by atoms with van der Waals surface area (Å²) in [5.41, 5.74) is 0. The lowest BCUT2D eigenvalue weighted by molar-refractivity contribution is -0.166. The summed E-state index contributed by atoms with van der Waals surface area (Å²) in [5, 5.41) is 9.91. The molecule has 0 aromatic carbocycles. The molecule has 0 rings (SSSR count). The smallest absolute Gasteiger partial charge is 0.333 e. The van der Waals surface area contributed by atoms with Crippen LogP contribution in [0.2, 0.25) is 0 Å². The van der Waals surface area contributed by atoms with Gasteiger partial charge in [0.15, 0.2) is 6.10 Å². The fraction of sp³-hybridized carbons (Fsp3) is 0.667. The van der Waals surface area contributed by atoms with Crippen molar-refractivity contribution in [3.05, 3.63) is 12.2 Å². The highest BCUT2D eigenvalue weighted by molar-refractivity contribution is 5.91. The molecular formula is C18H29NO10. The van der Waals surface area contributed by atoms with Crippen molar-refractivity contribution in [3.8, 4) is 0 Å². The molecule has 0 radical (unpaired) electrons. The molecule has 166 valence electrons. The van der Waals surface area contributed by atoms with E-state index in [9.17, 15) is 24.3 Å². The van der Waals surface area contributed by atoms with Crippen LogP contribution in [0.3, 0.4) is 0 Å². The molecule has 0 aliphatic heterocycles. The van der Waals surface area contributed by atoms with E-state index in [-0.39, 0.29) is 32.2 Å². The van der Waals surface area contributed by atoms with Crippen LogP contribution >= 0.6 is 0 Å². The Bertz CT molecular complexity index is 553. The lowest BCUT2D eigenvalue weighted by Crippen LogP contribution is -2.44. The maximum absolute atomic E-state index is 12.2. The largest absolute Gasteiger partial charge is 0.459 e. The predicted octanol–water partition coefficient (Wildman–Crippen LogP) is -0.732. The quantitative estimate of drug-likeness (QED) is 0.218. The molecule has 0 heterocycles. The molecule has 0 aromatic rings. The van der Waals surface area contributed by atoms with Crippen molar-refractivity contribution in [1.29, 1.82) is 0 Å². The van der Waals surface area contributed by atoms with Crippen molar-refractivity contribution in [2.45, 2.75) is 20.0 Å². The highest BCUT2D eigenvalue weighted by Crippen LogP contribution is 1.99. The summed E-state index contributed by atoms with van der Waals surface area (Å²) in [5.74, 6) is -3.45. The highest BCUT2D eigenvalue weighted by Gasteiger charge is 2.23. The number of methoxy groups -OCH3 is 2. The van der Waals surface area contributed by atoms with Crippen molar-refractivity contribution in [2.24, 2.45) is 5.92 Å². The molecule has 0 fully saturated rings. The molecule has 1 N–H and O–H groups in total. The predicted molar refractivity (Wildman–Crippen MR) is 98.3 cm³/mol. The van der Waals surface area contributed by atoms with E-state index in [1.807, 2.05) is 0 Å². The van der Waals surface area contributed by atoms with Crippen molar-refractivity contribution in [2.75, 3.05) is 53.9 Å². The minimum Gasteiger partial charge on any atom is -0.459 e. The van der Waals surface area contributed by atoms with Gasteiger partial charge in [0, 0.05) is 39.5 Å². The molecular weight excluding hydrogens is 390 g/mol. The molecule has 29 heavy (non-hydrogen) atoms. The fourth-order valence-electron chi connectivity index (χ4n) is 1.72. The summed E-state index contributed by atoms with van der Waals surface area (Å²) in [6.07, 6.45) is -0.0517. The second-order valence-electron chi connectivity index (χ2n) is 5.99. The number of hydrogen-bond donors (Lipinski definition) is 1. The van der Waals surface area contributed by atoms with Gasteiger partial charge in [-0.2, -0.15) is 0 Å². The Balaban J connectivity index is 4.34. The molecule has 0 aromatic heterocycles. The first-order valence-electron chi connectivity index (χ1n) is 8.85. The lowest BCUT2D eigenvalue weighted by Gasteiger charge is -2.24. The van der Waals surface area contributed by atoms with E-state index in [0.29, 0.717) is 0 Å². The van der Waals surface area contributed by atoms with Gasteiger partial charge in [-0.1, -0.05) is 13.8 Å². The van der Waals surface area contributed by atoms with E-state index in [1.54, 1.807) is 13.8 Å². The zero-order chi connectivity index (χ0) is 22.2. The number of nitrogens with zero attached hydrogens (tertiary/aromatic N) is 1. The number of amides is 1. The van der Waals surface area contributed by atoms with Gasteiger partial charge in [-0.25, -0.2) is 9.59 Å². The number of hydrogen-bond acceptors (Lipinski definition) is 10. The summed E-state index contributed by atoms with van der Waals surface area (Å²) in [6, 6.07) is 0. The monoisotopic (exact) mass is 419 g/mol. The van der Waals surface area contributed by atoms with Crippen LogP contribution in [0.1, 0.15) is 13.8 Å². The van der Waals surface area contributed by atoms with Crippen LogP contribution in [0, 0.1) is 5.92 Å². The highest BCUT2D eigenvalue weighted by atomic mass is 16.7. The van der Waals surface area contributed by atoms with Crippen molar-refractivity contribution in [3.63, 3.8) is 0 Å². The molecule has 0 saturated heterocycles. The molecule has 0 aliphatic rings. The van der Waals surface area contributed by atoms with E-state index >= 15 is 0 Å². The molecule has 0 saturated carbocycles. The molecule has 0 spiro atoms. The van der Waals surface area contributed by atoms with Crippen molar-refractivity contribution < 1.29 is 48.0 Å². The third-order valence-electron chi connectivity index (χ3n) is 3.34. The van der Waals surface area contributed by atoms with E-state index in [4.69, 9.17) is 14.2 Å². The Labute approximate surface area is 169 Å². The lowest BCUT2D eigenvalue weighted by atomic mass is 10.2. The van der Waals surface area contributed by atoms with Gasteiger partial charge in [-0.3, -0.25) is 9.59 Å². The average Bonchev–Trinajstić information content (AvgIpc) is 2.69. The average molecular weight is 419 g/mol. The SMILES string of the molecule is COCCN(CCOC)C(=O)C(O)COC(=O)/C=C/C(=O)OCOC(=O)C(C)C. The Morgan fingerprint density at radius 2 is 1.41 bits per heavy atom. The second kappa shape index (κ2) is 15.4. The Morgan fingerprint density at radius 1 is 0.897 bits per heavy atom. The number of aliphatic hydroxyl groups is 1. The van der Waals surface area contributed by atoms with Crippen LogP contribution < -0.4 is 0 Å². The van der Waals surface area contributed by atoms with Gasteiger partial charge in [-0.15, -0.1) is 0 Å². The molecule has 0 bridgehead atoms. The van der Waals surface area contributed by atoms with Crippen LogP contribution in [0.25, 0.3) is 0 Å². The summed E-state index contributed by atoms with van der Waals surface area (Å²) >= 11 is 0. The zero-order valence-electron chi connectivity index (χ0n) is 17.1. The van der Waals surface area contributed by atoms with Crippen molar-refractivity contribution in [1.82, 2.24) is 4.90 Å². The first-order chi connectivity index (χ1) is 13.7. The summed E-state index contributed by atoms with van der Waals surface area (Å²) in [7, 11) is 2.95. The van der Waals surface area contributed by atoms with E-state index in [0.717, 1.165) is 12.2 Å². The van der Waals surface area contributed by atoms with Gasteiger partial charge in [-0.05, 0) is 0 Å². The van der Waals surface area contributed by atoms with E-state index in [1.165, 1.54) is 19.1 Å². The maximum atomic E-state index is 12.2. The molecule has 11 nitrogen and oxygen atoms in total. The number of ether oxygens (including phenoxy) is 5. The van der Waals surface area contributed by atoms with Crippen LogP contribution in [-0.2, 0) is 42.9 Å². The van der Waals surface area contributed by atoms with Crippen LogP contribution in [0.4, 0.5) is 0 Å². The van der Waals surface area contributed by atoms with Crippen molar-refractivity contribution >= 4 is 23.8 Å². The third-order valence-corrected chi connectivity index (χ3v) is 3.34. The normalized spacial score (nSPS) is 11.9. The zero-order valence-corrected chi connectivity index (χ0v) is 17.1. The van der Waals surface area contributed by atoms with Crippen LogP contribution in [-0.4, -0.2) is 93.8 Å².